The molecule has 51 heavy (non-hydrogen) atoms. The van der Waals surface area contributed by atoms with Crippen LogP contribution in [0.25, 0.3) is 22.4 Å². The average Bonchev–Trinajstić information content (AvgIpc) is 3.40. The van der Waals surface area contributed by atoms with Crippen molar-refractivity contribution < 1.29 is 0 Å². The summed E-state index contributed by atoms with van der Waals surface area (Å²) in [5.41, 5.74) is 26.0. The van der Waals surface area contributed by atoms with Crippen LogP contribution >= 0.6 is 0 Å². The lowest BCUT2D eigenvalue weighted by Gasteiger charge is -2.34. The van der Waals surface area contributed by atoms with Crippen LogP contribution in [0.15, 0.2) is 143 Å². The smallest absolute Gasteiger partial charge is 0.0738 e. The van der Waals surface area contributed by atoms with Crippen molar-refractivity contribution in [1.82, 2.24) is 0 Å². The van der Waals surface area contributed by atoms with Crippen LogP contribution in [0.1, 0.15) is 112 Å². The maximum atomic E-state index is 7.12. The Bertz CT molecular complexity index is 2330. The Morgan fingerprint density at radius 3 is 2.20 bits per heavy atom. The van der Waals surface area contributed by atoms with E-state index in [1.54, 1.807) is 0 Å². The predicted molar refractivity (Wildman–Crippen MR) is 215 cm³/mol. The van der Waals surface area contributed by atoms with Crippen LogP contribution in [0.5, 0.6) is 0 Å². The molecule has 3 unspecified atom stereocenters. The van der Waals surface area contributed by atoms with Gasteiger partial charge in [0.05, 0.1) is 11.4 Å². The van der Waals surface area contributed by atoms with E-state index in [1.807, 2.05) is 0 Å². The number of nitrogens with two attached hydrogens (primary N) is 1. The zero-order valence-electron chi connectivity index (χ0n) is 30.8. The summed E-state index contributed by atoms with van der Waals surface area (Å²) < 4.78 is 0. The molecule has 0 heterocycles. The second-order valence-corrected chi connectivity index (χ2v) is 16.7. The Morgan fingerprint density at radius 1 is 0.765 bits per heavy atom. The molecule has 5 aliphatic carbocycles. The molecule has 0 saturated heterocycles. The molecule has 0 aliphatic heterocycles. The summed E-state index contributed by atoms with van der Waals surface area (Å²) >= 11 is 0. The van der Waals surface area contributed by atoms with Gasteiger partial charge in [-0.2, -0.15) is 0 Å². The minimum Gasteiger partial charge on any atom is -0.397 e. The van der Waals surface area contributed by atoms with Crippen LogP contribution in [0, 0.1) is 5.41 Å². The highest BCUT2D eigenvalue weighted by Gasteiger charge is 2.42. The van der Waals surface area contributed by atoms with Gasteiger partial charge in [0.1, 0.15) is 0 Å². The van der Waals surface area contributed by atoms with E-state index in [0.29, 0.717) is 0 Å². The largest absolute Gasteiger partial charge is 0.397 e. The molecule has 254 valence electrons. The first-order chi connectivity index (χ1) is 24.5. The molecule has 0 spiro atoms. The Labute approximate surface area is 303 Å². The van der Waals surface area contributed by atoms with Gasteiger partial charge < -0.3 is 5.73 Å². The number of hydrogen-bond acceptors (Lipinski definition) is 2. The number of aliphatic imine (C=N–C) groups is 1. The van der Waals surface area contributed by atoms with E-state index >= 15 is 0 Å². The second kappa shape index (κ2) is 11.3. The van der Waals surface area contributed by atoms with Gasteiger partial charge in [-0.1, -0.05) is 163 Å². The van der Waals surface area contributed by atoms with Gasteiger partial charge in [0, 0.05) is 39.4 Å². The van der Waals surface area contributed by atoms with Crippen molar-refractivity contribution in [1.29, 1.82) is 0 Å². The van der Waals surface area contributed by atoms with Crippen molar-refractivity contribution in [3.05, 3.63) is 177 Å². The number of hydrogen-bond donors (Lipinski definition) is 1. The van der Waals surface area contributed by atoms with Crippen molar-refractivity contribution in [2.24, 2.45) is 16.1 Å². The van der Waals surface area contributed by atoms with Crippen molar-refractivity contribution in [2.75, 3.05) is 0 Å². The van der Waals surface area contributed by atoms with Crippen molar-refractivity contribution in [3.8, 4) is 11.1 Å². The summed E-state index contributed by atoms with van der Waals surface area (Å²) in [7, 11) is 0. The van der Waals surface area contributed by atoms with E-state index in [9.17, 15) is 0 Å². The first-order valence-electron chi connectivity index (χ1n) is 18.8. The van der Waals surface area contributed by atoms with Crippen LogP contribution in [0.3, 0.4) is 0 Å². The first kappa shape index (κ1) is 32.0. The summed E-state index contributed by atoms with van der Waals surface area (Å²) in [5.74, 6) is 0.167. The van der Waals surface area contributed by atoms with Gasteiger partial charge in [0.15, 0.2) is 0 Å². The van der Waals surface area contributed by atoms with Gasteiger partial charge in [-0.3, -0.25) is 4.99 Å². The lowest BCUT2D eigenvalue weighted by Crippen LogP contribution is -2.24. The Hall–Kier alpha value is -4.95. The fraction of sp³-hybridized carbons (Fsp3) is 0.286. The number of fused-ring (bicyclic) bond motifs is 8. The summed E-state index contributed by atoms with van der Waals surface area (Å²) in [6.45, 7) is 14.1. The fourth-order valence-electron chi connectivity index (χ4n) is 10.1. The molecular formula is C49H48N2. The van der Waals surface area contributed by atoms with Gasteiger partial charge in [-0.15, -0.1) is 0 Å². The lowest BCUT2D eigenvalue weighted by atomic mass is 9.69. The zero-order valence-corrected chi connectivity index (χ0v) is 30.8. The van der Waals surface area contributed by atoms with Crippen LogP contribution < -0.4 is 5.73 Å². The Balaban J connectivity index is 1.27. The Kier molecular flexibility index (Phi) is 7.07. The van der Waals surface area contributed by atoms with E-state index in [4.69, 9.17) is 10.7 Å². The average molecular weight is 665 g/mol. The SMILES string of the molecule is CC(/C(=N\C1=C(N)c2ccccc2C1(C)C)C1CCC2=CC3=CC=CCC3(C)C=C2c2ccccc21)c1cccc2c1-c1ccccc1C2(C)C. The second-order valence-electron chi connectivity index (χ2n) is 16.7. The summed E-state index contributed by atoms with van der Waals surface area (Å²) in [6.07, 6.45) is 14.9. The molecule has 0 bridgehead atoms. The fourth-order valence-corrected chi connectivity index (χ4v) is 10.1. The van der Waals surface area contributed by atoms with Gasteiger partial charge in [0.25, 0.3) is 0 Å². The quantitative estimate of drug-likeness (QED) is 0.217. The van der Waals surface area contributed by atoms with E-state index in [-0.39, 0.29) is 28.1 Å². The van der Waals surface area contributed by atoms with Gasteiger partial charge in [0.2, 0.25) is 0 Å². The molecule has 5 aliphatic rings. The topological polar surface area (TPSA) is 38.4 Å². The molecule has 2 N–H and O–H groups in total. The van der Waals surface area contributed by atoms with Crippen LogP contribution in [-0.4, -0.2) is 5.71 Å². The number of allylic oxidation sites excluding steroid dienone is 9. The zero-order chi connectivity index (χ0) is 35.3. The predicted octanol–water partition coefficient (Wildman–Crippen LogP) is 11.9. The normalized spacial score (nSPS) is 24.2. The van der Waals surface area contributed by atoms with Crippen molar-refractivity contribution >= 4 is 17.0 Å². The maximum Gasteiger partial charge on any atom is 0.0738 e. The molecule has 2 heteroatoms. The summed E-state index contributed by atoms with van der Waals surface area (Å²) in [5, 5.41) is 0. The number of rotatable bonds is 4. The highest BCUT2D eigenvalue weighted by atomic mass is 14.9. The third-order valence-electron chi connectivity index (χ3n) is 13.0. The summed E-state index contributed by atoms with van der Waals surface area (Å²) in [6, 6.07) is 33.8. The maximum absolute atomic E-state index is 7.12. The van der Waals surface area contributed by atoms with E-state index in [1.165, 1.54) is 66.9 Å². The number of benzene rings is 4. The molecule has 4 aromatic rings. The molecule has 0 fully saturated rings. The van der Waals surface area contributed by atoms with Crippen molar-refractivity contribution in [2.45, 2.75) is 83.5 Å². The Morgan fingerprint density at radius 2 is 1.43 bits per heavy atom. The van der Waals surface area contributed by atoms with Crippen molar-refractivity contribution in [3.63, 3.8) is 0 Å². The van der Waals surface area contributed by atoms with Gasteiger partial charge in [-0.05, 0) is 80.5 Å². The standard InChI is InChI=1S/C49H48N2/c1-30(33-21-15-24-42-43(33)37-19-9-11-22-40(37)47(42,2)3)45(51-46-44(50)38-20-10-12-23-41(38)48(46,4)5)36-26-25-31-28-32-16-13-14-27-49(32,6)29-39(31)35-18-8-7-17-34(35)36/h7-24,28-30,36H,25-27,50H2,1-6H3/b51-45+. The molecule has 0 saturated carbocycles. The minimum absolute atomic E-state index is 0.00837. The minimum atomic E-state index is -0.314. The lowest BCUT2D eigenvalue weighted by molar-refractivity contribution is 0.526. The molecule has 4 aromatic carbocycles. The van der Waals surface area contributed by atoms with Gasteiger partial charge >= 0.3 is 0 Å². The number of nitrogens with zero attached hydrogens (tertiary/aromatic N) is 1. The first-order valence-corrected chi connectivity index (χ1v) is 18.8. The highest BCUT2D eigenvalue weighted by Crippen LogP contribution is 2.54. The monoisotopic (exact) mass is 664 g/mol. The highest BCUT2D eigenvalue weighted by molar-refractivity contribution is 6.02. The molecule has 0 radical (unpaired) electrons. The molecular weight excluding hydrogens is 617 g/mol. The van der Waals surface area contributed by atoms with E-state index in [0.717, 1.165) is 36.2 Å². The third kappa shape index (κ3) is 4.65. The van der Waals surface area contributed by atoms with Crippen LogP contribution in [0.4, 0.5) is 0 Å². The molecule has 0 amide bonds. The van der Waals surface area contributed by atoms with Crippen LogP contribution in [-0.2, 0) is 10.8 Å². The van der Waals surface area contributed by atoms with Crippen LogP contribution in [0.2, 0.25) is 0 Å². The van der Waals surface area contributed by atoms with E-state index in [2.05, 4.69) is 163 Å². The molecule has 2 nitrogen and oxygen atoms in total. The molecule has 3 atom stereocenters. The molecule has 9 rings (SSSR count). The molecule has 0 aromatic heterocycles. The van der Waals surface area contributed by atoms with Gasteiger partial charge in [-0.25, -0.2) is 0 Å². The third-order valence-corrected chi connectivity index (χ3v) is 13.0. The van der Waals surface area contributed by atoms with E-state index < -0.39 is 0 Å². The summed E-state index contributed by atoms with van der Waals surface area (Å²) in [4.78, 5) is 5.90.